The largest absolute Gasteiger partial charge is 0.368 e. The van der Waals surface area contributed by atoms with Crippen molar-refractivity contribution in [2.75, 3.05) is 19.7 Å². The van der Waals surface area contributed by atoms with E-state index in [4.69, 9.17) is 4.74 Å². The van der Waals surface area contributed by atoms with Gasteiger partial charge in [0.15, 0.2) is 0 Å². The molecule has 27 heavy (non-hydrogen) atoms. The van der Waals surface area contributed by atoms with Crippen molar-refractivity contribution in [3.8, 4) is 11.1 Å². The first kappa shape index (κ1) is 17.6. The van der Waals surface area contributed by atoms with Gasteiger partial charge in [0.1, 0.15) is 17.3 Å². The monoisotopic (exact) mass is 382 g/mol. The average Bonchev–Trinajstić information content (AvgIpc) is 3.13. The van der Waals surface area contributed by atoms with Gasteiger partial charge < -0.3 is 9.64 Å². The van der Waals surface area contributed by atoms with Crippen LogP contribution >= 0.6 is 11.5 Å². The van der Waals surface area contributed by atoms with Crippen molar-refractivity contribution in [1.29, 1.82) is 0 Å². The van der Waals surface area contributed by atoms with Crippen molar-refractivity contribution in [3.05, 3.63) is 52.8 Å². The molecule has 1 aliphatic rings. The highest BCUT2D eigenvalue weighted by molar-refractivity contribution is 7.07. The molecule has 1 aliphatic heterocycles. The van der Waals surface area contributed by atoms with Crippen LogP contribution < -0.4 is 0 Å². The topological polar surface area (TPSA) is 94.0 Å². The third-order valence-corrected chi connectivity index (χ3v) is 5.21. The van der Waals surface area contributed by atoms with Gasteiger partial charge in [-0.25, -0.2) is 9.97 Å². The standard InChI is InChI=1S/C18H18N6O2S/c1-11-5-13(14-7-19-10-20-8-14)6-15(21-11)16-9-24(3-4-26-16)18(25)17-12(2)22-23-27-17/h5-8,10,16H,3-4,9H2,1-2H3/t16-/m1/s1. The van der Waals surface area contributed by atoms with E-state index in [2.05, 4.69) is 24.5 Å². The number of hydrogen-bond donors (Lipinski definition) is 0. The fraction of sp³-hybridized carbons (Fsp3) is 0.333. The fourth-order valence-electron chi connectivity index (χ4n) is 3.06. The minimum Gasteiger partial charge on any atom is -0.368 e. The van der Waals surface area contributed by atoms with Crippen LogP contribution in [0.1, 0.15) is 32.9 Å². The third kappa shape index (κ3) is 3.69. The van der Waals surface area contributed by atoms with E-state index in [9.17, 15) is 4.79 Å². The van der Waals surface area contributed by atoms with Crippen LogP contribution in [-0.4, -0.2) is 55.0 Å². The zero-order valence-electron chi connectivity index (χ0n) is 15.0. The van der Waals surface area contributed by atoms with Crippen molar-refractivity contribution in [2.45, 2.75) is 20.0 Å². The lowest BCUT2D eigenvalue weighted by Crippen LogP contribution is -2.42. The van der Waals surface area contributed by atoms with E-state index >= 15 is 0 Å². The second-order valence-electron chi connectivity index (χ2n) is 6.35. The molecule has 8 nitrogen and oxygen atoms in total. The molecule has 1 saturated heterocycles. The second-order valence-corrected chi connectivity index (χ2v) is 7.10. The van der Waals surface area contributed by atoms with Crippen LogP contribution in [0.4, 0.5) is 0 Å². The molecule has 3 aromatic heterocycles. The zero-order valence-corrected chi connectivity index (χ0v) is 15.8. The molecular weight excluding hydrogens is 364 g/mol. The number of nitrogens with zero attached hydrogens (tertiary/aromatic N) is 6. The van der Waals surface area contributed by atoms with E-state index < -0.39 is 0 Å². The summed E-state index contributed by atoms with van der Waals surface area (Å²) in [6.45, 7) is 5.18. The molecule has 4 rings (SSSR count). The van der Waals surface area contributed by atoms with Crippen LogP contribution in [0, 0.1) is 13.8 Å². The lowest BCUT2D eigenvalue weighted by Gasteiger charge is -2.32. The number of aromatic nitrogens is 5. The van der Waals surface area contributed by atoms with Gasteiger partial charge >= 0.3 is 0 Å². The molecule has 0 unspecified atom stereocenters. The van der Waals surface area contributed by atoms with Crippen LogP contribution in [-0.2, 0) is 4.74 Å². The van der Waals surface area contributed by atoms with Crippen molar-refractivity contribution >= 4 is 17.4 Å². The molecule has 0 aliphatic carbocycles. The number of amides is 1. The first-order valence-electron chi connectivity index (χ1n) is 8.55. The van der Waals surface area contributed by atoms with Gasteiger partial charge in [-0.2, -0.15) is 0 Å². The Labute approximate surface area is 160 Å². The summed E-state index contributed by atoms with van der Waals surface area (Å²) in [5.41, 5.74) is 4.23. The summed E-state index contributed by atoms with van der Waals surface area (Å²) in [5.74, 6) is -0.0554. The Kier molecular flexibility index (Phi) is 4.87. The lowest BCUT2D eigenvalue weighted by molar-refractivity contribution is -0.0246. The number of aryl methyl sites for hydroxylation is 2. The lowest BCUT2D eigenvalue weighted by atomic mass is 10.1. The first-order chi connectivity index (χ1) is 13.1. The Bertz CT molecular complexity index is 961. The first-order valence-corrected chi connectivity index (χ1v) is 9.33. The molecule has 0 saturated carbocycles. The number of morpholine rings is 1. The van der Waals surface area contributed by atoms with Gasteiger partial charge in [-0.05, 0) is 43.1 Å². The second kappa shape index (κ2) is 7.45. The quantitative estimate of drug-likeness (QED) is 0.685. The highest BCUT2D eigenvalue weighted by Crippen LogP contribution is 2.27. The predicted molar refractivity (Wildman–Crippen MR) is 99.2 cm³/mol. The Morgan fingerprint density at radius 3 is 2.78 bits per heavy atom. The van der Waals surface area contributed by atoms with Gasteiger partial charge in [-0.1, -0.05) is 4.49 Å². The molecule has 3 aromatic rings. The summed E-state index contributed by atoms with van der Waals surface area (Å²) in [7, 11) is 0. The van der Waals surface area contributed by atoms with E-state index in [-0.39, 0.29) is 12.0 Å². The van der Waals surface area contributed by atoms with Gasteiger partial charge in [-0.15, -0.1) is 5.10 Å². The van der Waals surface area contributed by atoms with Crippen LogP contribution in [0.25, 0.3) is 11.1 Å². The molecular formula is C18H18N6O2S. The van der Waals surface area contributed by atoms with E-state index in [0.717, 1.165) is 34.0 Å². The van der Waals surface area contributed by atoms with Crippen LogP contribution in [0.3, 0.4) is 0 Å². The Morgan fingerprint density at radius 2 is 2.04 bits per heavy atom. The SMILES string of the molecule is Cc1cc(-c2cncnc2)cc([C@H]2CN(C(=O)c3snnc3C)CCO2)n1. The molecule has 1 amide bonds. The fourth-order valence-corrected chi connectivity index (χ4v) is 3.68. The van der Waals surface area contributed by atoms with Crippen molar-refractivity contribution in [1.82, 2.24) is 29.4 Å². The summed E-state index contributed by atoms with van der Waals surface area (Å²) in [5, 5.41) is 3.93. The molecule has 0 N–H and O–H groups in total. The zero-order chi connectivity index (χ0) is 18.8. The maximum Gasteiger partial charge on any atom is 0.267 e. The summed E-state index contributed by atoms with van der Waals surface area (Å²) < 4.78 is 9.78. The van der Waals surface area contributed by atoms with Crippen LogP contribution in [0.15, 0.2) is 30.9 Å². The number of carbonyl (C=O) groups excluding carboxylic acids is 1. The highest BCUT2D eigenvalue weighted by atomic mass is 32.1. The van der Waals surface area contributed by atoms with Crippen LogP contribution in [0.2, 0.25) is 0 Å². The molecule has 0 radical (unpaired) electrons. The predicted octanol–water partition coefficient (Wildman–Crippen LogP) is 2.22. The molecule has 0 spiro atoms. The Balaban J connectivity index is 1.59. The molecule has 138 valence electrons. The smallest absolute Gasteiger partial charge is 0.267 e. The molecule has 9 heteroatoms. The molecule has 0 aromatic carbocycles. The molecule has 1 fully saturated rings. The minimum absolute atomic E-state index is 0.0554. The number of carbonyl (C=O) groups is 1. The minimum atomic E-state index is -0.285. The van der Waals surface area contributed by atoms with Crippen molar-refractivity contribution in [2.24, 2.45) is 0 Å². The number of pyridine rings is 1. The summed E-state index contributed by atoms with van der Waals surface area (Å²) in [6.07, 6.45) is 4.75. The Hall–Kier alpha value is -2.78. The van der Waals surface area contributed by atoms with E-state index in [1.54, 1.807) is 24.2 Å². The van der Waals surface area contributed by atoms with E-state index in [1.807, 2.05) is 19.1 Å². The van der Waals surface area contributed by atoms with Gasteiger partial charge in [0.05, 0.1) is 24.5 Å². The van der Waals surface area contributed by atoms with Gasteiger partial charge in [-0.3, -0.25) is 9.78 Å². The Morgan fingerprint density at radius 1 is 1.22 bits per heavy atom. The van der Waals surface area contributed by atoms with Crippen molar-refractivity contribution < 1.29 is 9.53 Å². The average molecular weight is 382 g/mol. The van der Waals surface area contributed by atoms with E-state index in [0.29, 0.717) is 30.3 Å². The maximum absolute atomic E-state index is 12.8. The summed E-state index contributed by atoms with van der Waals surface area (Å²) in [6, 6.07) is 3.96. The normalized spacial score (nSPS) is 17.1. The number of hydrogen-bond acceptors (Lipinski definition) is 8. The van der Waals surface area contributed by atoms with Crippen molar-refractivity contribution in [3.63, 3.8) is 0 Å². The molecule has 1 atom stereocenters. The molecule has 4 heterocycles. The van der Waals surface area contributed by atoms with Gasteiger partial charge in [0.25, 0.3) is 5.91 Å². The summed E-state index contributed by atoms with van der Waals surface area (Å²) >= 11 is 1.13. The number of rotatable bonds is 3. The summed E-state index contributed by atoms with van der Waals surface area (Å²) in [4.78, 5) is 27.9. The highest BCUT2D eigenvalue weighted by Gasteiger charge is 2.29. The van der Waals surface area contributed by atoms with Gasteiger partial charge in [0.2, 0.25) is 0 Å². The van der Waals surface area contributed by atoms with Gasteiger partial charge in [0, 0.05) is 30.2 Å². The number of ether oxygens (including phenoxy) is 1. The van der Waals surface area contributed by atoms with Crippen LogP contribution in [0.5, 0.6) is 0 Å². The third-order valence-electron chi connectivity index (χ3n) is 4.40. The maximum atomic E-state index is 12.8. The van der Waals surface area contributed by atoms with E-state index in [1.165, 1.54) is 6.33 Å². The molecule has 0 bridgehead atoms.